The Morgan fingerprint density at radius 2 is 1.20 bits per heavy atom. The van der Waals surface area contributed by atoms with Crippen molar-refractivity contribution in [3.8, 4) is 16.9 Å². The van der Waals surface area contributed by atoms with E-state index in [1.807, 2.05) is 75.4 Å². The van der Waals surface area contributed by atoms with Crippen molar-refractivity contribution in [1.82, 2.24) is 31.5 Å². The van der Waals surface area contributed by atoms with Gasteiger partial charge in [-0.15, -0.1) is 0 Å². The number of likely N-dealkylation sites (tertiary alicyclic amines) is 1. The zero-order chi connectivity index (χ0) is 51.5. The SMILES string of the molecule is C[C@H](NC(=O)[C@H](COC(C)(C)C)NC(=O)[C@H](Cc1ccccc1)NC(=O)[C@H](Cc1ccc(OC(C)(C)C)cc1)NC(=O)OCC1c2ccccc2-c2ccccc21)C(=O)N1CCC[C@H]1C(=O)NCC(=O)O. The molecule has 5 atom stereocenters. The van der Waals surface area contributed by atoms with E-state index in [0.717, 1.165) is 22.3 Å². The summed E-state index contributed by atoms with van der Waals surface area (Å²) in [4.78, 5) is 95.9. The van der Waals surface area contributed by atoms with Crippen LogP contribution in [-0.2, 0) is 51.1 Å². The minimum absolute atomic E-state index is 0.000959. The minimum Gasteiger partial charge on any atom is -0.488 e. The number of nitrogens with one attached hydrogen (secondary N) is 5. The van der Waals surface area contributed by atoms with Gasteiger partial charge in [-0.2, -0.15) is 0 Å². The molecule has 0 saturated carbocycles. The molecule has 1 aliphatic heterocycles. The van der Waals surface area contributed by atoms with E-state index >= 15 is 0 Å². The average Bonchev–Trinajstić information content (AvgIpc) is 3.94. The van der Waals surface area contributed by atoms with Gasteiger partial charge in [0.25, 0.3) is 0 Å². The number of hydrogen-bond donors (Lipinski definition) is 6. The third-order valence-electron chi connectivity index (χ3n) is 12.0. The molecule has 4 aromatic rings. The summed E-state index contributed by atoms with van der Waals surface area (Å²) >= 11 is 0. The Morgan fingerprint density at radius 1 is 0.662 bits per heavy atom. The molecule has 71 heavy (non-hydrogen) atoms. The van der Waals surface area contributed by atoms with E-state index in [1.54, 1.807) is 69.3 Å². The summed E-state index contributed by atoms with van der Waals surface area (Å²) < 4.78 is 17.9. The third kappa shape index (κ3) is 15.1. The van der Waals surface area contributed by atoms with Crippen LogP contribution in [0.25, 0.3) is 11.1 Å². The molecule has 17 nitrogen and oxygen atoms in total. The fourth-order valence-corrected chi connectivity index (χ4v) is 8.60. The van der Waals surface area contributed by atoms with Crippen LogP contribution in [0.1, 0.15) is 89.5 Å². The molecule has 2 aliphatic rings. The summed E-state index contributed by atoms with van der Waals surface area (Å²) in [5.41, 5.74) is 4.29. The van der Waals surface area contributed by atoms with Crippen molar-refractivity contribution in [3.05, 3.63) is 125 Å². The van der Waals surface area contributed by atoms with Gasteiger partial charge in [-0.25, -0.2) is 4.79 Å². The molecule has 378 valence electrons. The average molecular weight is 975 g/mol. The van der Waals surface area contributed by atoms with Crippen LogP contribution in [0.15, 0.2) is 103 Å². The Balaban J connectivity index is 1.21. The molecule has 1 saturated heterocycles. The Kier molecular flexibility index (Phi) is 17.6. The first-order valence-corrected chi connectivity index (χ1v) is 23.9. The summed E-state index contributed by atoms with van der Waals surface area (Å²) in [6, 6.07) is 26.0. The van der Waals surface area contributed by atoms with E-state index in [0.29, 0.717) is 29.7 Å². The number of fused-ring (bicyclic) bond motifs is 3. The van der Waals surface area contributed by atoms with Crippen molar-refractivity contribution >= 4 is 41.6 Å². The van der Waals surface area contributed by atoms with Crippen LogP contribution in [0, 0.1) is 0 Å². The zero-order valence-corrected chi connectivity index (χ0v) is 41.4. The fourth-order valence-electron chi connectivity index (χ4n) is 8.60. The molecule has 17 heteroatoms. The second-order valence-corrected chi connectivity index (χ2v) is 19.9. The van der Waals surface area contributed by atoms with Gasteiger partial charge in [0.2, 0.25) is 29.5 Å². The van der Waals surface area contributed by atoms with Gasteiger partial charge in [0, 0.05) is 25.3 Å². The van der Waals surface area contributed by atoms with Gasteiger partial charge in [0.15, 0.2) is 0 Å². The van der Waals surface area contributed by atoms with Gasteiger partial charge in [0.1, 0.15) is 54.7 Å². The molecule has 0 radical (unpaired) electrons. The Hall–Kier alpha value is -7.27. The van der Waals surface area contributed by atoms with Crippen molar-refractivity contribution in [2.45, 2.75) is 121 Å². The first-order chi connectivity index (χ1) is 33.7. The number of benzene rings is 4. The standard InChI is InChI=1S/C54H66N6O11/c1-33(51(67)60-27-15-22-45(60)50(66)55-30-46(61)62)56-49(65)44(32-70-53(2,3)4)58-47(63)42(28-34-16-9-8-10-17-34)57-48(64)43(29-35-23-25-36(26-24-35)71-54(5,6)7)59-52(68)69-31-41-39-20-13-11-18-37(39)38-19-12-14-21-40(38)41/h8-14,16-21,23-26,33,41-45H,15,22,27-32H2,1-7H3,(H,55,66)(H,56,65)(H,57,64)(H,58,63)(H,59,68)(H,61,62)/t33-,42-,43-,44-,45-/m0/s1. The molecule has 4 aromatic carbocycles. The summed E-state index contributed by atoms with van der Waals surface area (Å²) in [5.74, 6) is -4.28. The van der Waals surface area contributed by atoms with E-state index in [1.165, 1.54) is 11.8 Å². The summed E-state index contributed by atoms with van der Waals surface area (Å²) in [6.45, 7) is 11.8. The maximum absolute atomic E-state index is 14.6. The van der Waals surface area contributed by atoms with Crippen LogP contribution in [0.2, 0.25) is 0 Å². The van der Waals surface area contributed by atoms with Crippen LogP contribution in [0.4, 0.5) is 4.79 Å². The second kappa shape index (κ2) is 23.6. The summed E-state index contributed by atoms with van der Waals surface area (Å²) in [5, 5.41) is 22.4. The lowest BCUT2D eigenvalue weighted by atomic mass is 9.98. The molecule has 1 fully saturated rings. The monoisotopic (exact) mass is 974 g/mol. The number of nitrogens with zero attached hydrogens (tertiary/aromatic N) is 1. The molecule has 1 heterocycles. The number of aliphatic carboxylic acids is 1. The highest BCUT2D eigenvalue weighted by atomic mass is 16.5. The van der Waals surface area contributed by atoms with E-state index in [9.17, 15) is 33.6 Å². The lowest BCUT2D eigenvalue weighted by molar-refractivity contribution is -0.143. The van der Waals surface area contributed by atoms with Gasteiger partial charge in [0.05, 0.1) is 12.2 Å². The molecule has 0 aromatic heterocycles. The maximum atomic E-state index is 14.6. The number of amides is 6. The lowest BCUT2D eigenvalue weighted by Gasteiger charge is -2.30. The van der Waals surface area contributed by atoms with Gasteiger partial charge < -0.3 is 50.8 Å². The van der Waals surface area contributed by atoms with E-state index in [-0.39, 0.29) is 38.5 Å². The number of carbonyl (C=O) groups excluding carboxylic acids is 6. The normalized spacial score (nSPS) is 16.0. The van der Waals surface area contributed by atoms with Crippen LogP contribution in [0.5, 0.6) is 5.75 Å². The van der Waals surface area contributed by atoms with Crippen LogP contribution < -0.4 is 31.3 Å². The number of carboxylic acids is 1. The number of ether oxygens (including phenoxy) is 3. The topological polar surface area (TPSA) is 231 Å². The Labute approximate surface area is 414 Å². The minimum atomic E-state index is -1.37. The Morgan fingerprint density at radius 3 is 1.77 bits per heavy atom. The van der Waals surface area contributed by atoms with Gasteiger partial charge >= 0.3 is 12.1 Å². The molecular formula is C54H66N6O11. The zero-order valence-electron chi connectivity index (χ0n) is 41.4. The Bertz CT molecular complexity index is 2490. The maximum Gasteiger partial charge on any atom is 0.407 e. The van der Waals surface area contributed by atoms with Gasteiger partial charge in [-0.05, 0) is 107 Å². The molecule has 0 unspecified atom stereocenters. The van der Waals surface area contributed by atoms with E-state index in [2.05, 4.69) is 26.6 Å². The number of hydrogen-bond acceptors (Lipinski definition) is 10. The molecule has 6 amide bonds. The number of carboxylic acid groups (broad SMARTS) is 1. The van der Waals surface area contributed by atoms with Crippen molar-refractivity contribution < 1.29 is 52.9 Å². The largest absolute Gasteiger partial charge is 0.488 e. The fraction of sp³-hybridized carbons (Fsp3) is 0.426. The van der Waals surface area contributed by atoms with E-state index < -0.39 is 89.6 Å². The van der Waals surface area contributed by atoms with E-state index in [4.69, 9.17) is 19.3 Å². The summed E-state index contributed by atoms with van der Waals surface area (Å²) in [7, 11) is 0. The molecule has 0 bridgehead atoms. The predicted molar refractivity (Wildman–Crippen MR) is 265 cm³/mol. The smallest absolute Gasteiger partial charge is 0.407 e. The quantitative estimate of drug-likeness (QED) is 0.0688. The van der Waals surface area contributed by atoms with Gasteiger partial charge in [-0.1, -0.05) is 91.0 Å². The first kappa shape index (κ1) is 53.1. The highest BCUT2D eigenvalue weighted by molar-refractivity contribution is 5.97. The van der Waals surface area contributed by atoms with Crippen LogP contribution >= 0.6 is 0 Å². The van der Waals surface area contributed by atoms with Crippen molar-refractivity contribution in [2.75, 3.05) is 26.3 Å². The second-order valence-electron chi connectivity index (χ2n) is 19.9. The van der Waals surface area contributed by atoms with Crippen molar-refractivity contribution in [1.29, 1.82) is 0 Å². The molecule has 0 spiro atoms. The third-order valence-corrected chi connectivity index (χ3v) is 12.0. The van der Waals surface area contributed by atoms with Crippen molar-refractivity contribution in [3.63, 3.8) is 0 Å². The number of alkyl carbamates (subject to hydrolysis) is 1. The number of rotatable bonds is 20. The molecule has 6 rings (SSSR count). The molecular weight excluding hydrogens is 909 g/mol. The van der Waals surface area contributed by atoms with Crippen molar-refractivity contribution in [2.24, 2.45) is 0 Å². The van der Waals surface area contributed by atoms with Crippen LogP contribution in [-0.4, -0.2) is 119 Å². The lowest BCUT2D eigenvalue weighted by Crippen LogP contribution is -2.60. The number of carbonyl (C=O) groups is 7. The van der Waals surface area contributed by atoms with Gasteiger partial charge in [-0.3, -0.25) is 28.8 Å². The highest BCUT2D eigenvalue weighted by Crippen LogP contribution is 2.44. The summed E-state index contributed by atoms with van der Waals surface area (Å²) in [6.07, 6.45) is -0.0555. The van der Waals surface area contributed by atoms with Crippen LogP contribution in [0.3, 0.4) is 0 Å². The molecule has 6 N–H and O–H groups in total. The predicted octanol–water partition coefficient (Wildman–Crippen LogP) is 5.04. The first-order valence-electron chi connectivity index (χ1n) is 23.9. The molecule has 1 aliphatic carbocycles. The highest BCUT2D eigenvalue weighted by Gasteiger charge is 2.38.